The first-order valence-electron chi connectivity index (χ1n) is 9.48. The van der Waals surface area contributed by atoms with Gasteiger partial charge < -0.3 is 20.6 Å². The van der Waals surface area contributed by atoms with Crippen LogP contribution in [0.15, 0.2) is 42.6 Å². The molecule has 1 heterocycles. The van der Waals surface area contributed by atoms with E-state index in [2.05, 4.69) is 17.1 Å². The molecule has 4 rings (SSSR count). The summed E-state index contributed by atoms with van der Waals surface area (Å²) < 4.78 is 6.32. The van der Waals surface area contributed by atoms with Gasteiger partial charge in [-0.25, -0.2) is 0 Å². The van der Waals surface area contributed by atoms with Crippen LogP contribution < -0.4 is 10.5 Å². The lowest BCUT2D eigenvalue weighted by molar-refractivity contribution is -0.136. The fourth-order valence-corrected chi connectivity index (χ4v) is 3.85. The number of aromatic nitrogens is 1. The number of anilines is 1. The predicted octanol–water partition coefficient (Wildman–Crippen LogP) is 4.76. The standard InChI is InChI=1S/C22H24N2O3/c23-19-12-14(5-8-21(25)26)11-18(22(19)27-17-3-1-2-4-17)15-6-7-20-16(13-15)9-10-24-20/h6-7,9-13,17,24H,1-5,8,23H2,(H,25,26). The van der Waals surface area contributed by atoms with Crippen molar-refractivity contribution in [3.63, 3.8) is 0 Å². The Morgan fingerprint density at radius 3 is 2.78 bits per heavy atom. The summed E-state index contributed by atoms with van der Waals surface area (Å²) in [5, 5.41) is 10.1. The summed E-state index contributed by atoms with van der Waals surface area (Å²) in [6.07, 6.45) is 7.13. The Hall–Kier alpha value is -2.95. The van der Waals surface area contributed by atoms with E-state index in [1.807, 2.05) is 30.5 Å². The van der Waals surface area contributed by atoms with Crippen molar-refractivity contribution >= 4 is 22.6 Å². The first-order chi connectivity index (χ1) is 13.1. The smallest absolute Gasteiger partial charge is 0.303 e. The molecule has 27 heavy (non-hydrogen) atoms. The number of aliphatic carboxylic acids is 1. The molecule has 1 aliphatic carbocycles. The summed E-state index contributed by atoms with van der Waals surface area (Å²) in [4.78, 5) is 14.2. The number of ether oxygens (including phenoxy) is 1. The molecule has 0 bridgehead atoms. The van der Waals surface area contributed by atoms with Crippen LogP contribution in [0.4, 0.5) is 5.69 Å². The second-order valence-corrected chi connectivity index (χ2v) is 7.26. The molecule has 1 aromatic heterocycles. The summed E-state index contributed by atoms with van der Waals surface area (Å²) in [5.41, 5.74) is 10.9. The number of aromatic amines is 1. The third-order valence-electron chi connectivity index (χ3n) is 5.26. The fraction of sp³-hybridized carbons (Fsp3) is 0.318. The van der Waals surface area contributed by atoms with Gasteiger partial charge in [-0.05, 0) is 78.9 Å². The highest BCUT2D eigenvalue weighted by atomic mass is 16.5. The van der Waals surface area contributed by atoms with Crippen LogP contribution in [0.25, 0.3) is 22.0 Å². The number of hydrogen-bond donors (Lipinski definition) is 3. The van der Waals surface area contributed by atoms with Gasteiger partial charge in [0, 0.05) is 23.7 Å². The van der Waals surface area contributed by atoms with Crippen molar-refractivity contribution in [2.45, 2.75) is 44.6 Å². The number of carboxylic acid groups (broad SMARTS) is 1. The molecule has 1 aliphatic rings. The van der Waals surface area contributed by atoms with E-state index >= 15 is 0 Å². The van der Waals surface area contributed by atoms with E-state index < -0.39 is 5.97 Å². The maximum atomic E-state index is 11.0. The second kappa shape index (κ2) is 7.35. The summed E-state index contributed by atoms with van der Waals surface area (Å²) in [6, 6.07) is 12.1. The third-order valence-corrected chi connectivity index (χ3v) is 5.26. The minimum atomic E-state index is -0.810. The number of aryl methyl sites for hydroxylation is 1. The molecule has 4 N–H and O–H groups in total. The number of carboxylic acids is 1. The zero-order valence-electron chi connectivity index (χ0n) is 15.2. The van der Waals surface area contributed by atoms with Gasteiger partial charge in [0.05, 0.1) is 11.8 Å². The Bertz CT molecular complexity index is 971. The molecule has 0 amide bonds. The van der Waals surface area contributed by atoms with Gasteiger partial charge in [-0.1, -0.05) is 6.07 Å². The van der Waals surface area contributed by atoms with E-state index in [0.29, 0.717) is 12.1 Å². The highest BCUT2D eigenvalue weighted by molar-refractivity contribution is 5.88. The Kier molecular flexibility index (Phi) is 4.75. The normalized spacial score (nSPS) is 14.7. The molecule has 0 saturated heterocycles. The molecule has 1 fully saturated rings. The second-order valence-electron chi connectivity index (χ2n) is 7.26. The van der Waals surface area contributed by atoms with Crippen LogP contribution in [0, 0.1) is 0 Å². The number of nitrogens with one attached hydrogen (secondary N) is 1. The summed E-state index contributed by atoms with van der Waals surface area (Å²) in [7, 11) is 0. The van der Waals surface area contributed by atoms with Gasteiger partial charge in [-0.3, -0.25) is 4.79 Å². The molecule has 5 heteroatoms. The van der Waals surface area contributed by atoms with Crippen molar-refractivity contribution in [3.8, 4) is 16.9 Å². The maximum Gasteiger partial charge on any atom is 0.303 e. The number of nitrogens with two attached hydrogens (primary N) is 1. The van der Waals surface area contributed by atoms with Gasteiger partial charge in [0.1, 0.15) is 5.75 Å². The fourth-order valence-electron chi connectivity index (χ4n) is 3.85. The van der Waals surface area contributed by atoms with Crippen LogP contribution in [-0.4, -0.2) is 22.2 Å². The Morgan fingerprint density at radius 2 is 2.00 bits per heavy atom. The minimum Gasteiger partial charge on any atom is -0.488 e. The first kappa shape index (κ1) is 17.5. The lowest BCUT2D eigenvalue weighted by Crippen LogP contribution is -2.13. The third kappa shape index (κ3) is 3.77. The number of carbonyl (C=O) groups is 1. The average molecular weight is 364 g/mol. The summed E-state index contributed by atoms with van der Waals surface area (Å²) in [6.45, 7) is 0. The monoisotopic (exact) mass is 364 g/mol. The Labute approximate surface area is 158 Å². The summed E-state index contributed by atoms with van der Waals surface area (Å²) in [5.74, 6) is -0.0917. The highest BCUT2D eigenvalue weighted by Gasteiger charge is 2.21. The SMILES string of the molecule is Nc1cc(CCC(=O)O)cc(-c2ccc3[nH]ccc3c2)c1OC1CCCC1. The van der Waals surface area contributed by atoms with Crippen molar-refractivity contribution in [2.75, 3.05) is 5.73 Å². The van der Waals surface area contributed by atoms with Crippen molar-refractivity contribution in [1.82, 2.24) is 4.98 Å². The molecule has 0 atom stereocenters. The van der Waals surface area contributed by atoms with Crippen molar-refractivity contribution < 1.29 is 14.6 Å². The van der Waals surface area contributed by atoms with Crippen LogP contribution in [0.3, 0.4) is 0 Å². The van der Waals surface area contributed by atoms with Crippen LogP contribution in [0.1, 0.15) is 37.7 Å². The Balaban J connectivity index is 1.77. The van der Waals surface area contributed by atoms with Crippen LogP contribution in [0.5, 0.6) is 5.75 Å². The zero-order chi connectivity index (χ0) is 18.8. The molecule has 140 valence electrons. The average Bonchev–Trinajstić information content (AvgIpc) is 3.32. The van der Waals surface area contributed by atoms with E-state index in [1.165, 1.54) is 12.8 Å². The molecule has 2 aromatic carbocycles. The number of fused-ring (bicyclic) bond motifs is 1. The molecule has 0 spiro atoms. The largest absolute Gasteiger partial charge is 0.488 e. The molecule has 0 unspecified atom stereocenters. The van der Waals surface area contributed by atoms with Crippen molar-refractivity contribution in [1.29, 1.82) is 0 Å². The molecule has 3 aromatic rings. The quantitative estimate of drug-likeness (QED) is 0.550. The van der Waals surface area contributed by atoms with Gasteiger partial charge in [0.2, 0.25) is 0 Å². The van der Waals surface area contributed by atoms with Gasteiger partial charge in [0.15, 0.2) is 0 Å². The van der Waals surface area contributed by atoms with E-state index in [4.69, 9.17) is 15.6 Å². The molecular formula is C22H24N2O3. The summed E-state index contributed by atoms with van der Waals surface area (Å²) >= 11 is 0. The van der Waals surface area contributed by atoms with Gasteiger partial charge >= 0.3 is 5.97 Å². The van der Waals surface area contributed by atoms with E-state index in [9.17, 15) is 4.79 Å². The molecule has 0 aliphatic heterocycles. The number of nitrogen functional groups attached to an aromatic ring is 1. The number of hydrogen-bond acceptors (Lipinski definition) is 3. The molecular weight excluding hydrogens is 340 g/mol. The zero-order valence-corrected chi connectivity index (χ0v) is 15.2. The minimum absolute atomic E-state index is 0.0819. The van der Waals surface area contributed by atoms with E-state index in [1.54, 1.807) is 0 Å². The predicted molar refractivity (Wildman–Crippen MR) is 107 cm³/mol. The van der Waals surface area contributed by atoms with Crippen molar-refractivity contribution in [3.05, 3.63) is 48.2 Å². The van der Waals surface area contributed by atoms with Crippen LogP contribution >= 0.6 is 0 Å². The maximum absolute atomic E-state index is 11.0. The molecule has 1 saturated carbocycles. The highest BCUT2D eigenvalue weighted by Crippen LogP contribution is 2.40. The van der Waals surface area contributed by atoms with E-state index in [0.717, 1.165) is 46.2 Å². The molecule has 0 radical (unpaired) electrons. The Morgan fingerprint density at radius 1 is 1.19 bits per heavy atom. The topological polar surface area (TPSA) is 88.3 Å². The van der Waals surface area contributed by atoms with Gasteiger partial charge in [-0.2, -0.15) is 0 Å². The van der Waals surface area contributed by atoms with Gasteiger partial charge in [0.25, 0.3) is 0 Å². The van der Waals surface area contributed by atoms with Crippen molar-refractivity contribution in [2.24, 2.45) is 0 Å². The van der Waals surface area contributed by atoms with Gasteiger partial charge in [-0.15, -0.1) is 0 Å². The number of H-pyrrole nitrogens is 1. The number of benzene rings is 2. The first-order valence-corrected chi connectivity index (χ1v) is 9.48. The van der Waals surface area contributed by atoms with Crippen LogP contribution in [-0.2, 0) is 11.2 Å². The molecule has 5 nitrogen and oxygen atoms in total. The van der Waals surface area contributed by atoms with E-state index in [-0.39, 0.29) is 12.5 Å². The number of rotatable bonds is 6. The van der Waals surface area contributed by atoms with Crippen LogP contribution in [0.2, 0.25) is 0 Å². The lowest BCUT2D eigenvalue weighted by Gasteiger charge is -2.20. The lowest BCUT2D eigenvalue weighted by atomic mass is 9.97.